The minimum atomic E-state index is -3.40. The van der Waals surface area contributed by atoms with Crippen LogP contribution in [0.1, 0.15) is 62.4 Å². The van der Waals surface area contributed by atoms with Crippen molar-refractivity contribution in [2.75, 3.05) is 38.2 Å². The van der Waals surface area contributed by atoms with Crippen molar-refractivity contribution in [3.05, 3.63) is 76.3 Å². The van der Waals surface area contributed by atoms with Crippen LogP contribution >= 0.6 is 11.3 Å². The van der Waals surface area contributed by atoms with Crippen LogP contribution in [0.15, 0.2) is 58.8 Å². The Morgan fingerprint density at radius 2 is 1.62 bits per heavy atom. The first-order valence-electron chi connectivity index (χ1n) is 14.1. The lowest BCUT2D eigenvalue weighted by molar-refractivity contribution is -0.137. The molecule has 1 aliphatic heterocycles. The van der Waals surface area contributed by atoms with Crippen LogP contribution in [-0.4, -0.2) is 63.4 Å². The number of anilines is 1. The van der Waals surface area contributed by atoms with Crippen LogP contribution in [0.5, 0.6) is 0 Å². The zero-order valence-electron chi connectivity index (χ0n) is 25.5. The van der Waals surface area contributed by atoms with Gasteiger partial charge in [0.2, 0.25) is 16.4 Å². The average Bonchev–Trinajstić information content (AvgIpc) is 3.43. The van der Waals surface area contributed by atoms with Gasteiger partial charge < -0.3 is 15.0 Å². The second kappa shape index (κ2) is 17.6. The number of methoxy groups -OCH3 is 1. The van der Waals surface area contributed by atoms with E-state index in [1.807, 2.05) is 36.6 Å². The highest BCUT2D eigenvalue weighted by Gasteiger charge is 2.29. The third-order valence-corrected chi connectivity index (χ3v) is 9.47. The number of benzene rings is 2. The standard InChI is InChI=1S/C17H23N3O2S2.C11H15NO.C3H6O2/c1-3-4-15-5-7-16(8-6-15)24(21,22)20-11-9-19(10-12-20)17-18-14(2)13-23-17;1-9(2)11-5-3-10(4-6-11)7-12-8-13;1-3(4)5-2/h5-8,13H,3-4,9-12H2,1-2H3;3-6,8-9H,7H2,1-2H3,(H,12,13);1-2H3. The summed E-state index contributed by atoms with van der Waals surface area (Å²) in [5, 5.41) is 5.64. The molecule has 0 unspecified atom stereocenters. The highest BCUT2D eigenvalue weighted by Crippen LogP contribution is 2.24. The average molecular weight is 617 g/mol. The molecule has 0 saturated carbocycles. The number of aryl methyl sites for hydroxylation is 2. The molecule has 1 fully saturated rings. The molecule has 0 radical (unpaired) electrons. The van der Waals surface area contributed by atoms with Gasteiger partial charge in [0.25, 0.3) is 0 Å². The van der Waals surface area contributed by atoms with Gasteiger partial charge in [-0.15, -0.1) is 11.3 Å². The van der Waals surface area contributed by atoms with E-state index in [1.165, 1.54) is 25.2 Å². The number of piperazine rings is 1. The van der Waals surface area contributed by atoms with Crippen molar-refractivity contribution >= 4 is 38.9 Å². The number of rotatable bonds is 9. The van der Waals surface area contributed by atoms with E-state index >= 15 is 0 Å². The Kier molecular flexibility index (Phi) is 14.7. The number of amides is 1. The van der Waals surface area contributed by atoms with Crippen molar-refractivity contribution in [1.29, 1.82) is 0 Å². The van der Waals surface area contributed by atoms with E-state index in [2.05, 4.69) is 52.8 Å². The number of sulfonamides is 1. The van der Waals surface area contributed by atoms with Crippen molar-refractivity contribution in [3.8, 4) is 0 Å². The van der Waals surface area contributed by atoms with Gasteiger partial charge >= 0.3 is 5.97 Å². The number of nitrogens with one attached hydrogen (secondary N) is 1. The van der Waals surface area contributed by atoms with Gasteiger partial charge in [0.15, 0.2) is 5.13 Å². The molecule has 4 rings (SSSR count). The molecule has 1 N–H and O–H groups in total. The number of esters is 1. The van der Waals surface area contributed by atoms with Crippen LogP contribution in [0.2, 0.25) is 0 Å². The highest BCUT2D eigenvalue weighted by molar-refractivity contribution is 7.89. The Balaban J connectivity index is 0.000000287. The van der Waals surface area contributed by atoms with Crippen molar-refractivity contribution < 1.29 is 22.7 Å². The first kappa shape index (κ1) is 34.9. The predicted molar refractivity (Wildman–Crippen MR) is 169 cm³/mol. The van der Waals surface area contributed by atoms with Crippen molar-refractivity contribution in [2.24, 2.45) is 0 Å². The summed E-state index contributed by atoms with van der Waals surface area (Å²) in [5.74, 6) is 0.318. The molecule has 42 heavy (non-hydrogen) atoms. The molecule has 9 nitrogen and oxygen atoms in total. The van der Waals surface area contributed by atoms with Crippen LogP contribution in [0.4, 0.5) is 5.13 Å². The number of carbonyl (C=O) groups excluding carboxylic acids is 2. The fraction of sp³-hybridized carbons (Fsp3) is 0.452. The predicted octanol–water partition coefficient (Wildman–Crippen LogP) is 5.15. The van der Waals surface area contributed by atoms with Gasteiger partial charge in [0.05, 0.1) is 17.7 Å². The number of nitrogens with zero attached hydrogens (tertiary/aromatic N) is 3. The van der Waals surface area contributed by atoms with Crippen LogP contribution in [0.3, 0.4) is 0 Å². The maximum absolute atomic E-state index is 12.8. The SMILES string of the molecule is CC(C)c1ccc(CNC=O)cc1.CCCc1ccc(S(=O)(=O)N2CCN(c3nc(C)cs3)CC2)cc1.COC(C)=O. The molecule has 0 spiro atoms. The summed E-state index contributed by atoms with van der Waals surface area (Å²) in [6.07, 6.45) is 2.76. The normalized spacial score (nSPS) is 13.4. The topological polar surface area (TPSA) is 109 Å². The van der Waals surface area contributed by atoms with E-state index in [1.54, 1.807) is 27.8 Å². The summed E-state index contributed by atoms with van der Waals surface area (Å²) in [6.45, 7) is 12.8. The maximum Gasteiger partial charge on any atom is 0.302 e. The van der Waals surface area contributed by atoms with Gasteiger partial charge in [-0.3, -0.25) is 9.59 Å². The summed E-state index contributed by atoms with van der Waals surface area (Å²) >= 11 is 1.61. The molecule has 2 aromatic carbocycles. The number of thiazole rings is 1. The Morgan fingerprint density at radius 3 is 2.07 bits per heavy atom. The number of hydrogen-bond acceptors (Lipinski definition) is 8. The first-order valence-corrected chi connectivity index (χ1v) is 16.4. The summed E-state index contributed by atoms with van der Waals surface area (Å²) in [5.41, 5.74) is 4.66. The summed E-state index contributed by atoms with van der Waals surface area (Å²) in [4.78, 5) is 26.7. The van der Waals surface area contributed by atoms with Gasteiger partial charge in [-0.2, -0.15) is 4.31 Å². The van der Waals surface area contributed by atoms with Gasteiger partial charge in [0, 0.05) is 45.0 Å². The third kappa shape index (κ3) is 11.2. The van der Waals surface area contributed by atoms with Gasteiger partial charge in [-0.1, -0.05) is 63.6 Å². The minimum Gasteiger partial charge on any atom is -0.469 e. The molecule has 11 heteroatoms. The molecule has 0 atom stereocenters. The zero-order chi connectivity index (χ0) is 31.1. The molecule has 1 saturated heterocycles. The molecule has 1 amide bonds. The lowest BCUT2D eigenvalue weighted by Crippen LogP contribution is -2.48. The molecule has 0 aliphatic carbocycles. The summed E-state index contributed by atoms with van der Waals surface area (Å²) < 4.78 is 31.3. The molecule has 230 valence electrons. The molecule has 0 bridgehead atoms. The van der Waals surface area contributed by atoms with Crippen LogP contribution in [-0.2, 0) is 37.3 Å². The lowest BCUT2D eigenvalue weighted by Gasteiger charge is -2.33. The van der Waals surface area contributed by atoms with Gasteiger partial charge in [0.1, 0.15) is 0 Å². The second-order valence-electron chi connectivity index (χ2n) is 10.1. The van der Waals surface area contributed by atoms with Crippen molar-refractivity contribution in [3.63, 3.8) is 0 Å². The summed E-state index contributed by atoms with van der Waals surface area (Å²) in [6, 6.07) is 15.6. The Bertz CT molecular complexity index is 1330. The summed E-state index contributed by atoms with van der Waals surface area (Å²) in [7, 11) is -2.05. The van der Waals surface area contributed by atoms with Gasteiger partial charge in [-0.05, 0) is 48.1 Å². The maximum atomic E-state index is 12.8. The molecule has 3 aromatic rings. The fourth-order valence-corrected chi connectivity index (χ4v) is 6.33. The van der Waals surface area contributed by atoms with E-state index in [4.69, 9.17) is 0 Å². The number of aromatic nitrogens is 1. The van der Waals surface area contributed by atoms with E-state index < -0.39 is 10.0 Å². The number of carbonyl (C=O) groups is 2. The van der Waals surface area contributed by atoms with E-state index in [-0.39, 0.29) is 5.97 Å². The van der Waals surface area contributed by atoms with E-state index in [0.29, 0.717) is 43.5 Å². The third-order valence-electron chi connectivity index (χ3n) is 6.54. The number of ether oxygens (including phenoxy) is 1. The molecule has 2 heterocycles. The molecular weight excluding hydrogens is 572 g/mol. The molecule has 1 aromatic heterocycles. The van der Waals surface area contributed by atoms with E-state index in [9.17, 15) is 18.0 Å². The second-order valence-corrected chi connectivity index (χ2v) is 12.9. The van der Waals surface area contributed by atoms with Crippen LogP contribution in [0.25, 0.3) is 0 Å². The minimum absolute atomic E-state index is 0.245. The fourth-order valence-electron chi connectivity index (χ4n) is 4.05. The zero-order valence-corrected chi connectivity index (χ0v) is 27.1. The Labute approximate surface area is 255 Å². The highest BCUT2D eigenvalue weighted by atomic mass is 32.2. The van der Waals surface area contributed by atoms with Gasteiger partial charge in [-0.25, -0.2) is 13.4 Å². The Morgan fingerprint density at radius 1 is 1.05 bits per heavy atom. The molecular formula is C31H44N4O5S2. The smallest absolute Gasteiger partial charge is 0.302 e. The number of hydrogen-bond donors (Lipinski definition) is 1. The largest absolute Gasteiger partial charge is 0.469 e. The lowest BCUT2D eigenvalue weighted by atomic mass is 10.0. The molecule has 1 aliphatic rings. The van der Waals surface area contributed by atoms with Crippen molar-refractivity contribution in [1.82, 2.24) is 14.6 Å². The first-order chi connectivity index (χ1) is 20.0. The van der Waals surface area contributed by atoms with Crippen molar-refractivity contribution in [2.45, 2.75) is 64.8 Å². The van der Waals surface area contributed by atoms with E-state index in [0.717, 1.165) is 35.6 Å². The monoisotopic (exact) mass is 616 g/mol. The quantitative estimate of drug-likeness (QED) is 0.262. The Hall–Kier alpha value is -3.28. The van der Waals surface area contributed by atoms with Crippen LogP contribution < -0.4 is 10.2 Å². The van der Waals surface area contributed by atoms with Crippen LogP contribution in [0, 0.1) is 6.92 Å².